The molecule has 0 saturated carbocycles. The second-order valence-corrected chi connectivity index (χ2v) is 21.8. The molecule has 2 aliphatic heterocycles. The lowest BCUT2D eigenvalue weighted by Crippen LogP contribution is -2.43. The van der Waals surface area contributed by atoms with E-state index in [0.717, 1.165) is 112 Å². The molecule has 2 aromatic heterocycles. The largest absolute Gasteiger partial charge is 0.455 e. The van der Waals surface area contributed by atoms with Gasteiger partial charge in [0.2, 0.25) is 0 Å². The van der Waals surface area contributed by atoms with Crippen molar-refractivity contribution in [2.24, 2.45) is 0 Å². The molecule has 0 atom stereocenters. The monoisotopic (exact) mass is 1050 g/mol. The molecule has 3 aliphatic rings. The average Bonchev–Trinajstić information content (AvgIpc) is 1.06. The summed E-state index contributed by atoms with van der Waals surface area (Å²) in [7, 11) is 0. The Balaban J connectivity index is 0.993. The first kappa shape index (κ1) is 46.3. The predicted molar refractivity (Wildman–Crippen MR) is 339 cm³/mol. The molecule has 0 radical (unpaired) electrons. The Bertz CT molecular complexity index is 4770. The van der Waals surface area contributed by atoms with Crippen molar-refractivity contribution >= 4 is 72.3 Å². The van der Waals surface area contributed by atoms with Gasteiger partial charge in [0.05, 0.1) is 22.5 Å². The van der Waals surface area contributed by atoms with Gasteiger partial charge < -0.3 is 18.6 Å². The summed E-state index contributed by atoms with van der Waals surface area (Å²) in [5.41, 5.74) is 25.6. The van der Waals surface area contributed by atoms with E-state index in [1.54, 1.807) is 0 Å². The number of para-hydroxylation sites is 4. The fourth-order valence-corrected chi connectivity index (χ4v) is 13.8. The highest BCUT2D eigenvalue weighted by molar-refractivity contribution is 6.11. The number of rotatable bonds is 7. The maximum Gasteiger partial charge on any atom is 0.143 e. The highest BCUT2D eigenvalue weighted by Crippen LogP contribution is 2.65. The van der Waals surface area contributed by atoms with Crippen molar-refractivity contribution < 1.29 is 8.83 Å². The maximum atomic E-state index is 6.88. The lowest BCUT2D eigenvalue weighted by molar-refractivity contribution is 0.669. The molecule has 1 aliphatic carbocycles. The molecule has 17 rings (SSSR count). The van der Waals surface area contributed by atoms with Gasteiger partial charge >= 0.3 is 0 Å². The Labute approximate surface area is 475 Å². The van der Waals surface area contributed by atoms with Gasteiger partial charge in [-0.1, -0.05) is 212 Å². The summed E-state index contributed by atoms with van der Waals surface area (Å²) in [6.07, 6.45) is 5.50. The topological polar surface area (TPSA) is 32.8 Å². The van der Waals surface area contributed by atoms with Crippen LogP contribution in [0, 0.1) is 0 Å². The van der Waals surface area contributed by atoms with Gasteiger partial charge in [-0.15, -0.1) is 0 Å². The van der Waals surface area contributed by atoms with Gasteiger partial charge in [0.1, 0.15) is 22.3 Å². The lowest BCUT2D eigenvalue weighted by atomic mass is 9.59. The first-order chi connectivity index (χ1) is 40.7. The van der Waals surface area contributed by atoms with Crippen LogP contribution in [-0.2, 0) is 5.41 Å². The number of anilines is 5. The van der Waals surface area contributed by atoms with Crippen molar-refractivity contribution in [1.82, 2.24) is 0 Å². The van der Waals surface area contributed by atoms with Gasteiger partial charge in [0.25, 0.3) is 0 Å². The van der Waals surface area contributed by atoms with Crippen molar-refractivity contribution in [2.45, 2.75) is 11.8 Å². The molecule has 14 aromatic rings. The molecule has 0 bridgehead atoms. The van der Waals surface area contributed by atoms with Crippen LogP contribution < -0.4 is 9.80 Å². The second-order valence-electron chi connectivity index (χ2n) is 21.8. The van der Waals surface area contributed by atoms with E-state index in [0.29, 0.717) is 0 Å². The van der Waals surface area contributed by atoms with Crippen LogP contribution in [0.15, 0.2) is 311 Å². The molecule has 1 spiro atoms. The summed E-state index contributed by atoms with van der Waals surface area (Å²) in [6, 6.07) is 102. The van der Waals surface area contributed by atoms with Crippen LogP contribution in [0.4, 0.5) is 28.4 Å². The molecule has 4 nitrogen and oxygen atoms in total. The minimum absolute atomic E-state index is 0.736. The fourth-order valence-electron chi connectivity index (χ4n) is 13.8. The molecule has 12 aromatic carbocycles. The SMILES string of the molecule is C1=CC2=C(C1)C1(c3cc(-c4ccccc4)ccc3N2c2ccc(-c3ccccc3)cc2)c2cc(-c3cccc4c3oc3ccccc34)ccc2N(c2ccc(-c3ccccc3)cc2)c2ccc(-c3cccc4c3oc3ccccc34)cc21. The highest BCUT2D eigenvalue weighted by atomic mass is 16.3. The number of furan rings is 2. The third kappa shape index (κ3) is 6.91. The summed E-state index contributed by atoms with van der Waals surface area (Å²) in [5.74, 6) is 0. The summed E-state index contributed by atoms with van der Waals surface area (Å²) >= 11 is 0. The number of hydrogen-bond acceptors (Lipinski definition) is 4. The summed E-state index contributed by atoms with van der Waals surface area (Å²) in [5, 5.41) is 4.42. The van der Waals surface area contributed by atoms with E-state index >= 15 is 0 Å². The van der Waals surface area contributed by atoms with Crippen LogP contribution in [0.25, 0.3) is 99.5 Å². The molecule has 0 amide bonds. The summed E-state index contributed by atoms with van der Waals surface area (Å²) in [6.45, 7) is 0. The Morgan fingerprint density at radius 1 is 0.305 bits per heavy atom. The van der Waals surface area contributed by atoms with E-state index in [1.165, 1.54) is 50.2 Å². The number of hydrogen-bond donors (Lipinski definition) is 0. The molecule has 4 heteroatoms. The van der Waals surface area contributed by atoms with E-state index in [4.69, 9.17) is 8.83 Å². The second kappa shape index (κ2) is 18.2. The van der Waals surface area contributed by atoms with E-state index in [-0.39, 0.29) is 0 Å². The third-order valence-corrected chi connectivity index (χ3v) is 17.5. The van der Waals surface area contributed by atoms with E-state index in [1.807, 2.05) is 0 Å². The fraction of sp³-hybridized carbons (Fsp3) is 0.0256. The van der Waals surface area contributed by atoms with Crippen molar-refractivity contribution in [3.8, 4) is 55.6 Å². The van der Waals surface area contributed by atoms with Crippen LogP contribution >= 0.6 is 0 Å². The van der Waals surface area contributed by atoms with Gasteiger partial charge in [0.15, 0.2) is 0 Å². The van der Waals surface area contributed by atoms with Crippen LogP contribution in [0.3, 0.4) is 0 Å². The van der Waals surface area contributed by atoms with E-state index in [9.17, 15) is 0 Å². The molecular weight excluding hydrogens is 997 g/mol. The Hall–Kier alpha value is -10.7. The lowest BCUT2D eigenvalue weighted by Gasteiger charge is -2.51. The minimum atomic E-state index is -0.847. The predicted octanol–water partition coefficient (Wildman–Crippen LogP) is 21.3. The standard InChI is InChI=1S/C78H50N2O2/c1-4-17-50(18-5-1)53-33-40-58(41-34-53)79-70-30-16-29-66(70)78(67-47-55(37-44-71(67)79)52-21-8-3-9-22-52)68-48-56(60-25-14-27-64-62-23-10-12-31-74(62)81-76(60)64)38-45-72(68)80(59-42-35-54(36-43-59)51-19-6-2-7-20-51)73-46-39-57(49-69(73)78)61-26-15-28-65-63-24-11-13-32-75(63)82-77(61)65/h1-28,30-49H,29H2. The number of fused-ring (bicyclic) bond motifs is 13. The summed E-state index contributed by atoms with van der Waals surface area (Å²) < 4.78 is 13.8. The van der Waals surface area contributed by atoms with Gasteiger partial charge in [-0.05, 0) is 152 Å². The molecule has 0 saturated heterocycles. The van der Waals surface area contributed by atoms with Gasteiger partial charge in [0, 0.05) is 49.7 Å². The molecule has 82 heavy (non-hydrogen) atoms. The van der Waals surface area contributed by atoms with Crippen molar-refractivity contribution in [3.05, 3.63) is 319 Å². The average molecular weight is 1050 g/mol. The summed E-state index contributed by atoms with van der Waals surface area (Å²) in [4.78, 5) is 5.04. The smallest absolute Gasteiger partial charge is 0.143 e. The third-order valence-electron chi connectivity index (χ3n) is 17.5. The zero-order chi connectivity index (χ0) is 53.9. The number of benzene rings is 12. The zero-order valence-electron chi connectivity index (χ0n) is 44.6. The van der Waals surface area contributed by atoms with Crippen molar-refractivity contribution in [3.63, 3.8) is 0 Å². The van der Waals surface area contributed by atoms with E-state index < -0.39 is 5.41 Å². The quantitative estimate of drug-likeness (QED) is 0.159. The van der Waals surface area contributed by atoms with Gasteiger partial charge in [-0.25, -0.2) is 0 Å². The molecule has 384 valence electrons. The van der Waals surface area contributed by atoms with Gasteiger partial charge in [-0.3, -0.25) is 0 Å². The molecule has 0 N–H and O–H groups in total. The normalized spacial score (nSPS) is 14.0. The van der Waals surface area contributed by atoms with Crippen LogP contribution in [0.5, 0.6) is 0 Å². The zero-order valence-corrected chi connectivity index (χ0v) is 44.6. The number of allylic oxidation sites excluding steroid dienone is 3. The number of nitrogens with zero attached hydrogens (tertiary/aromatic N) is 2. The van der Waals surface area contributed by atoms with Crippen LogP contribution in [0.1, 0.15) is 23.1 Å². The minimum Gasteiger partial charge on any atom is -0.455 e. The van der Waals surface area contributed by atoms with Crippen LogP contribution in [0.2, 0.25) is 0 Å². The molecular formula is C78H50N2O2. The van der Waals surface area contributed by atoms with Crippen LogP contribution in [-0.4, -0.2) is 0 Å². The van der Waals surface area contributed by atoms with Gasteiger partial charge in [-0.2, -0.15) is 0 Å². The van der Waals surface area contributed by atoms with E-state index in [2.05, 4.69) is 301 Å². The van der Waals surface area contributed by atoms with Crippen molar-refractivity contribution in [1.29, 1.82) is 0 Å². The maximum absolute atomic E-state index is 6.88. The Kier molecular flexibility index (Phi) is 10.3. The first-order valence-corrected chi connectivity index (χ1v) is 28.3. The first-order valence-electron chi connectivity index (χ1n) is 28.3. The Morgan fingerprint density at radius 3 is 1.18 bits per heavy atom. The molecule has 0 unspecified atom stereocenters. The highest BCUT2D eigenvalue weighted by Gasteiger charge is 2.54. The molecule has 0 fully saturated rings. The Morgan fingerprint density at radius 2 is 0.683 bits per heavy atom. The van der Waals surface area contributed by atoms with Crippen molar-refractivity contribution in [2.75, 3.05) is 9.80 Å². The molecule has 4 heterocycles.